The van der Waals surface area contributed by atoms with Gasteiger partial charge in [-0.3, -0.25) is 9.59 Å². The van der Waals surface area contributed by atoms with Gasteiger partial charge in [-0.25, -0.2) is 9.59 Å². The Kier molecular flexibility index (Phi) is 11.0. The molecule has 0 bridgehead atoms. The van der Waals surface area contributed by atoms with Crippen LogP contribution in [0.3, 0.4) is 0 Å². The number of hydrogen-bond acceptors (Lipinski definition) is 6. The molecule has 0 aromatic heterocycles. The first-order chi connectivity index (χ1) is 20.7. The average molecular weight is 612 g/mol. The number of nitrogens with one attached hydrogen (secondary N) is 2. The van der Waals surface area contributed by atoms with Crippen LogP contribution in [0.5, 0.6) is 0 Å². The van der Waals surface area contributed by atoms with Gasteiger partial charge in [0.15, 0.2) is 0 Å². The third kappa shape index (κ3) is 8.75. The van der Waals surface area contributed by atoms with E-state index in [1.165, 1.54) is 0 Å². The second-order valence-electron chi connectivity index (χ2n) is 15.0. The van der Waals surface area contributed by atoms with E-state index in [1.54, 1.807) is 4.90 Å². The van der Waals surface area contributed by atoms with Gasteiger partial charge in [0.05, 0.1) is 0 Å². The molecule has 0 radical (unpaired) electrons. The zero-order valence-electron chi connectivity index (χ0n) is 27.5. The summed E-state index contributed by atoms with van der Waals surface area (Å²) in [6.07, 6.45) is 8.47. The van der Waals surface area contributed by atoms with Crippen molar-refractivity contribution >= 4 is 23.9 Å². The molecular formula is C35H53N3O6. The van der Waals surface area contributed by atoms with Crippen molar-refractivity contribution in [1.82, 2.24) is 15.5 Å². The van der Waals surface area contributed by atoms with Gasteiger partial charge >= 0.3 is 12.1 Å². The lowest BCUT2D eigenvalue weighted by atomic mass is 9.81. The Labute approximate surface area is 263 Å². The molecular weight excluding hydrogens is 558 g/mol. The van der Waals surface area contributed by atoms with Crippen LogP contribution in [-0.4, -0.2) is 58.5 Å². The van der Waals surface area contributed by atoms with E-state index in [-0.39, 0.29) is 36.4 Å². The van der Waals surface area contributed by atoms with Crippen molar-refractivity contribution in [2.24, 2.45) is 17.3 Å². The van der Waals surface area contributed by atoms with E-state index in [4.69, 9.17) is 9.47 Å². The van der Waals surface area contributed by atoms with Gasteiger partial charge in [-0.2, -0.15) is 0 Å². The molecule has 3 aliphatic rings. The van der Waals surface area contributed by atoms with Crippen molar-refractivity contribution in [2.75, 3.05) is 0 Å². The zero-order valence-corrected chi connectivity index (χ0v) is 27.5. The number of alkyl carbamates (subject to hydrolysis) is 1. The van der Waals surface area contributed by atoms with Crippen LogP contribution >= 0.6 is 0 Å². The monoisotopic (exact) mass is 611 g/mol. The summed E-state index contributed by atoms with van der Waals surface area (Å²) in [6.45, 7) is 11.4. The maximum absolute atomic E-state index is 14.5. The van der Waals surface area contributed by atoms with Crippen LogP contribution in [-0.2, 0) is 30.5 Å². The fourth-order valence-electron chi connectivity index (χ4n) is 7.14. The van der Waals surface area contributed by atoms with Crippen molar-refractivity contribution in [1.29, 1.82) is 0 Å². The number of esters is 1. The Hall–Kier alpha value is -3.10. The van der Waals surface area contributed by atoms with Crippen molar-refractivity contribution in [2.45, 2.75) is 142 Å². The van der Waals surface area contributed by atoms with E-state index in [2.05, 4.69) is 10.6 Å². The number of carbonyl (C=O) groups excluding carboxylic acids is 4. The fraction of sp³-hybridized carbons (Fsp3) is 0.714. The Morgan fingerprint density at radius 3 is 2.14 bits per heavy atom. The smallest absolute Gasteiger partial charge is 0.408 e. The Balaban J connectivity index is 1.55. The Morgan fingerprint density at radius 1 is 0.864 bits per heavy atom. The third-order valence-electron chi connectivity index (χ3n) is 9.31. The first kappa shape index (κ1) is 33.8. The molecule has 1 heterocycles. The number of fused-ring (bicyclic) bond motifs is 1. The molecule has 9 heteroatoms. The lowest BCUT2D eigenvalue weighted by molar-refractivity contribution is -0.165. The molecule has 1 aromatic carbocycles. The number of rotatable bonds is 8. The summed E-state index contributed by atoms with van der Waals surface area (Å²) in [5, 5.41) is 5.91. The van der Waals surface area contributed by atoms with Gasteiger partial charge in [0, 0.05) is 6.04 Å². The van der Waals surface area contributed by atoms with Gasteiger partial charge < -0.3 is 25.0 Å². The molecule has 0 spiro atoms. The van der Waals surface area contributed by atoms with Gasteiger partial charge in [0.1, 0.15) is 30.3 Å². The van der Waals surface area contributed by atoms with Crippen LogP contribution in [0.25, 0.3) is 0 Å². The Morgan fingerprint density at radius 2 is 1.50 bits per heavy atom. The molecule has 1 aromatic rings. The van der Waals surface area contributed by atoms with Crippen LogP contribution in [0.1, 0.15) is 111 Å². The number of likely N-dealkylation sites (tertiary alicyclic amines) is 1. The minimum atomic E-state index is -0.895. The zero-order chi connectivity index (χ0) is 32.1. The highest BCUT2D eigenvalue weighted by Gasteiger charge is 2.52. The van der Waals surface area contributed by atoms with Crippen molar-refractivity contribution in [3.8, 4) is 0 Å². The van der Waals surface area contributed by atoms with Crippen molar-refractivity contribution < 1.29 is 28.7 Å². The number of carbonyl (C=O) groups is 4. The van der Waals surface area contributed by atoms with Crippen LogP contribution in [0.2, 0.25) is 0 Å². The van der Waals surface area contributed by atoms with Crippen LogP contribution in [0.15, 0.2) is 30.3 Å². The maximum atomic E-state index is 14.5. The molecule has 1 saturated heterocycles. The maximum Gasteiger partial charge on any atom is 0.408 e. The van der Waals surface area contributed by atoms with Gasteiger partial charge in [-0.1, -0.05) is 83.2 Å². The van der Waals surface area contributed by atoms with Crippen LogP contribution in [0.4, 0.5) is 4.79 Å². The number of nitrogens with zero attached hydrogens (tertiary/aromatic N) is 1. The van der Waals surface area contributed by atoms with Crippen molar-refractivity contribution in [3.05, 3.63) is 35.9 Å². The van der Waals surface area contributed by atoms with E-state index in [0.717, 1.165) is 63.4 Å². The van der Waals surface area contributed by atoms with E-state index in [9.17, 15) is 19.2 Å². The predicted molar refractivity (Wildman–Crippen MR) is 168 cm³/mol. The van der Waals surface area contributed by atoms with E-state index < -0.39 is 41.1 Å². The van der Waals surface area contributed by atoms with Crippen LogP contribution in [0, 0.1) is 17.3 Å². The standard InChI is InChI=1S/C35H53N3O6/c1-34(2,3)29(31(40)38-26-20-14-13-19-25(26)21-27(38)32(41)44-35(4,5)6)37-30(39)28(24-17-11-8-12-18-24)36-33(42)43-22-23-15-9-7-10-16-23/h7,9-10,15-16,24-29H,8,11-14,17-22H2,1-6H3,(H,36,42)(H,37,39)/t25-,26-,27-,28-,29+/m0/s1. The summed E-state index contributed by atoms with van der Waals surface area (Å²) < 4.78 is 11.3. The summed E-state index contributed by atoms with van der Waals surface area (Å²) in [5.41, 5.74) is -0.473. The van der Waals surface area contributed by atoms with Crippen molar-refractivity contribution in [3.63, 3.8) is 0 Å². The lowest BCUT2D eigenvalue weighted by Crippen LogP contribution is -2.62. The van der Waals surface area contributed by atoms with Gasteiger partial charge in [-0.15, -0.1) is 0 Å². The molecule has 2 N–H and O–H groups in total. The quantitative estimate of drug-likeness (QED) is 0.354. The number of hydrogen-bond donors (Lipinski definition) is 2. The highest BCUT2D eigenvalue weighted by molar-refractivity contribution is 5.94. The van der Waals surface area contributed by atoms with E-state index in [0.29, 0.717) is 6.42 Å². The van der Waals surface area contributed by atoms with E-state index in [1.807, 2.05) is 71.9 Å². The molecule has 2 saturated carbocycles. The Bertz CT molecular complexity index is 1150. The first-order valence-corrected chi connectivity index (χ1v) is 16.6. The molecule has 2 aliphatic carbocycles. The SMILES string of the molecule is CC(C)(C)OC(=O)[C@@H]1C[C@@H]2CCCC[C@@H]2N1C(=O)[C@@H](NC(=O)[C@@H](NC(=O)OCc1ccccc1)C1CCCCC1)C(C)(C)C. The normalized spacial score (nSPS) is 24.0. The molecule has 1 aliphatic heterocycles. The third-order valence-corrected chi connectivity index (χ3v) is 9.31. The largest absolute Gasteiger partial charge is 0.458 e. The fourth-order valence-corrected chi connectivity index (χ4v) is 7.14. The topological polar surface area (TPSA) is 114 Å². The number of benzene rings is 1. The molecule has 5 atom stereocenters. The summed E-state index contributed by atoms with van der Waals surface area (Å²) >= 11 is 0. The predicted octanol–water partition coefficient (Wildman–Crippen LogP) is 5.89. The molecule has 3 fully saturated rings. The first-order valence-electron chi connectivity index (χ1n) is 16.6. The van der Waals surface area contributed by atoms with Crippen LogP contribution < -0.4 is 10.6 Å². The summed E-state index contributed by atoms with van der Waals surface area (Å²) in [7, 11) is 0. The molecule has 244 valence electrons. The summed E-state index contributed by atoms with van der Waals surface area (Å²) in [4.78, 5) is 56.7. The molecule has 3 amide bonds. The summed E-state index contributed by atoms with van der Waals surface area (Å²) in [6, 6.07) is 6.92. The molecule has 4 rings (SSSR count). The number of amides is 3. The minimum absolute atomic E-state index is 0.0595. The second-order valence-corrected chi connectivity index (χ2v) is 15.0. The average Bonchev–Trinajstić information content (AvgIpc) is 3.37. The minimum Gasteiger partial charge on any atom is -0.458 e. The van der Waals surface area contributed by atoms with Gasteiger partial charge in [0.2, 0.25) is 11.8 Å². The van der Waals surface area contributed by atoms with Gasteiger partial charge in [-0.05, 0) is 75.7 Å². The van der Waals surface area contributed by atoms with E-state index >= 15 is 0 Å². The molecule has 0 unspecified atom stereocenters. The number of ether oxygens (including phenoxy) is 2. The highest BCUT2D eigenvalue weighted by Crippen LogP contribution is 2.42. The lowest BCUT2D eigenvalue weighted by Gasteiger charge is -2.40. The highest BCUT2D eigenvalue weighted by atomic mass is 16.6. The second kappa shape index (κ2) is 14.3. The summed E-state index contributed by atoms with van der Waals surface area (Å²) in [5.74, 6) is -0.868. The van der Waals surface area contributed by atoms with Gasteiger partial charge in [0.25, 0.3) is 0 Å². The molecule has 44 heavy (non-hydrogen) atoms. The molecule has 9 nitrogen and oxygen atoms in total.